The Morgan fingerprint density at radius 3 is 1.59 bits per heavy atom. The van der Waals surface area contributed by atoms with E-state index >= 15 is 0 Å². The van der Waals surface area contributed by atoms with E-state index in [1.165, 1.54) is 54.9 Å². The van der Waals surface area contributed by atoms with Crippen LogP contribution < -0.4 is 0 Å². The molecule has 0 unspecified atom stereocenters. The summed E-state index contributed by atoms with van der Waals surface area (Å²) in [5, 5.41) is 13.3. The van der Waals surface area contributed by atoms with Gasteiger partial charge in [-0.15, -0.1) is 0 Å². The highest BCUT2D eigenvalue weighted by Gasteiger charge is 2.23. The van der Waals surface area contributed by atoms with Gasteiger partial charge in [-0.1, -0.05) is 115 Å². The van der Waals surface area contributed by atoms with Crippen molar-refractivity contribution in [2.24, 2.45) is 0 Å². The molecule has 1 aliphatic carbocycles. The van der Waals surface area contributed by atoms with Crippen molar-refractivity contribution >= 4 is 115 Å². The number of allylic oxidation sites excluding steroid dienone is 1. The zero-order chi connectivity index (χ0) is 41.6. The van der Waals surface area contributed by atoms with Gasteiger partial charge in [-0.2, -0.15) is 0 Å². The highest BCUT2D eigenvalue weighted by molar-refractivity contribution is 6.26. The van der Waals surface area contributed by atoms with E-state index in [0.29, 0.717) is 0 Å². The summed E-state index contributed by atoms with van der Waals surface area (Å²) in [7, 11) is 0. The van der Waals surface area contributed by atoms with Crippen molar-refractivity contribution in [3.05, 3.63) is 187 Å². The zero-order valence-electron chi connectivity index (χ0n) is 34.4. The number of hydrogen-bond acceptors (Lipinski definition) is 4. The Hall–Kier alpha value is -8.34. The van der Waals surface area contributed by atoms with E-state index in [2.05, 4.69) is 158 Å². The minimum Gasteiger partial charge on any atom is -0.456 e. The summed E-state index contributed by atoms with van der Waals surface area (Å²) in [6.45, 7) is 0. The van der Waals surface area contributed by atoms with E-state index in [0.717, 1.165) is 112 Å². The van der Waals surface area contributed by atoms with E-state index in [1.54, 1.807) is 0 Å². The second-order valence-corrected chi connectivity index (χ2v) is 17.3. The fourth-order valence-corrected chi connectivity index (χ4v) is 11.1. The fourth-order valence-electron chi connectivity index (χ4n) is 11.1. The molecule has 0 aliphatic heterocycles. The van der Waals surface area contributed by atoms with Crippen LogP contribution in [0.5, 0.6) is 0 Å². The quantitative estimate of drug-likeness (QED) is 0.167. The number of hydrogen-bond donors (Lipinski definition) is 0. The van der Waals surface area contributed by atoms with Gasteiger partial charge in [0.25, 0.3) is 0 Å². The molecule has 14 aromatic rings. The predicted molar refractivity (Wildman–Crippen MR) is 264 cm³/mol. The molecule has 0 spiro atoms. The lowest BCUT2D eigenvalue weighted by Crippen LogP contribution is -1.98. The van der Waals surface area contributed by atoms with Crippen molar-refractivity contribution in [2.75, 3.05) is 0 Å². The third-order valence-electron chi connectivity index (χ3n) is 13.9. The molecule has 10 aromatic carbocycles. The van der Waals surface area contributed by atoms with Gasteiger partial charge < -0.3 is 17.7 Å². The predicted octanol–water partition coefficient (Wildman–Crippen LogP) is 17.6. The number of rotatable bonds is 3. The second-order valence-electron chi connectivity index (χ2n) is 17.3. The molecule has 4 heterocycles. The van der Waals surface area contributed by atoms with E-state index in [-0.39, 0.29) is 0 Å². The smallest absolute Gasteiger partial charge is 0.178 e. The second kappa shape index (κ2) is 12.6. The summed E-state index contributed by atoms with van der Waals surface area (Å²) in [6, 6.07) is 61.1. The Bertz CT molecular complexity index is 4370. The summed E-state index contributed by atoms with van der Waals surface area (Å²) in [5.74, 6) is 0. The van der Waals surface area contributed by atoms with Crippen molar-refractivity contribution in [3.63, 3.8) is 0 Å². The van der Waals surface area contributed by atoms with Gasteiger partial charge in [0.2, 0.25) is 0 Å². The lowest BCUT2D eigenvalue weighted by Gasteiger charge is -2.20. The molecule has 4 heteroatoms. The molecule has 4 nitrogen and oxygen atoms in total. The molecule has 64 heavy (non-hydrogen) atoms. The van der Waals surface area contributed by atoms with Crippen LogP contribution in [-0.4, -0.2) is 0 Å². The number of benzene rings is 10. The third kappa shape index (κ3) is 4.66. The van der Waals surface area contributed by atoms with E-state index in [9.17, 15) is 0 Å². The van der Waals surface area contributed by atoms with Crippen LogP contribution in [0.2, 0.25) is 0 Å². The minimum atomic E-state index is 0.778. The zero-order valence-corrected chi connectivity index (χ0v) is 34.4. The van der Waals surface area contributed by atoms with Gasteiger partial charge in [0.1, 0.15) is 33.5 Å². The summed E-state index contributed by atoms with van der Waals surface area (Å²) in [4.78, 5) is 0. The molecule has 0 bridgehead atoms. The van der Waals surface area contributed by atoms with Crippen molar-refractivity contribution in [1.82, 2.24) is 0 Å². The van der Waals surface area contributed by atoms with Gasteiger partial charge in [0, 0.05) is 37.7 Å². The van der Waals surface area contributed by atoms with Gasteiger partial charge in [-0.3, -0.25) is 0 Å². The average Bonchev–Trinajstić information content (AvgIpc) is 4.12. The Morgan fingerprint density at radius 2 is 0.844 bits per heavy atom. The molecule has 1 aliphatic rings. The molecule has 0 amide bonds. The van der Waals surface area contributed by atoms with Crippen molar-refractivity contribution in [1.29, 1.82) is 0 Å². The molecule has 0 atom stereocenters. The van der Waals surface area contributed by atoms with E-state index < -0.39 is 0 Å². The summed E-state index contributed by atoms with van der Waals surface area (Å²) >= 11 is 0. The van der Waals surface area contributed by atoms with Gasteiger partial charge in [0.15, 0.2) is 11.2 Å². The molecule has 0 saturated heterocycles. The van der Waals surface area contributed by atoms with Gasteiger partial charge in [0.05, 0.1) is 5.39 Å². The Kier molecular flexibility index (Phi) is 6.76. The van der Waals surface area contributed by atoms with Crippen molar-refractivity contribution in [3.8, 4) is 33.4 Å². The van der Waals surface area contributed by atoms with Crippen molar-refractivity contribution < 1.29 is 17.7 Å². The van der Waals surface area contributed by atoms with E-state index in [4.69, 9.17) is 17.7 Å². The van der Waals surface area contributed by atoms with Crippen LogP contribution in [0.3, 0.4) is 0 Å². The number of furan rings is 4. The highest BCUT2D eigenvalue weighted by Crippen LogP contribution is 2.48. The molecule has 0 radical (unpaired) electrons. The molecular formula is C60H34O4. The SMILES string of the molecule is C1=Cc2cccc(-c3ccc4c(-c5ccc6oc7c(ccc8oc9ccccc9c87)c6c5)c5ccccc5c(-c5ccc6oc7c(ccc8c9ccccc9oc87)c6c5)c4c3)c2CC1. The van der Waals surface area contributed by atoms with Crippen LogP contribution in [0.15, 0.2) is 194 Å². The lowest BCUT2D eigenvalue weighted by molar-refractivity contribution is 0.633. The van der Waals surface area contributed by atoms with Crippen LogP contribution in [0.25, 0.3) is 149 Å². The first-order chi connectivity index (χ1) is 31.7. The van der Waals surface area contributed by atoms with Crippen LogP contribution in [0.4, 0.5) is 0 Å². The fraction of sp³-hybridized carbons (Fsp3) is 0.0333. The first kappa shape index (κ1) is 34.3. The molecular weight excluding hydrogens is 785 g/mol. The summed E-state index contributed by atoms with van der Waals surface area (Å²) < 4.78 is 26.1. The molecule has 0 saturated carbocycles. The first-order valence-electron chi connectivity index (χ1n) is 22.0. The molecule has 298 valence electrons. The van der Waals surface area contributed by atoms with Crippen molar-refractivity contribution in [2.45, 2.75) is 12.8 Å². The third-order valence-corrected chi connectivity index (χ3v) is 13.9. The van der Waals surface area contributed by atoms with Crippen LogP contribution in [-0.2, 0) is 6.42 Å². The number of fused-ring (bicyclic) bond motifs is 17. The topological polar surface area (TPSA) is 52.6 Å². The lowest BCUT2D eigenvalue weighted by atomic mass is 9.83. The van der Waals surface area contributed by atoms with Gasteiger partial charge >= 0.3 is 0 Å². The molecule has 15 rings (SSSR count). The Morgan fingerprint density at radius 1 is 0.328 bits per heavy atom. The van der Waals surface area contributed by atoms with Crippen LogP contribution in [0.1, 0.15) is 17.5 Å². The average molecular weight is 819 g/mol. The normalized spacial score (nSPS) is 13.1. The Balaban J connectivity index is 1.01. The highest BCUT2D eigenvalue weighted by atomic mass is 16.4. The maximum atomic E-state index is 6.70. The molecule has 0 N–H and O–H groups in total. The van der Waals surface area contributed by atoms with E-state index in [1.807, 2.05) is 24.3 Å². The first-order valence-corrected chi connectivity index (χ1v) is 22.0. The monoisotopic (exact) mass is 818 g/mol. The van der Waals surface area contributed by atoms with Gasteiger partial charge in [-0.05, 0) is 146 Å². The summed E-state index contributed by atoms with van der Waals surface area (Å²) in [6.07, 6.45) is 6.64. The number of para-hydroxylation sites is 2. The molecule has 0 fully saturated rings. The Labute approximate surface area is 364 Å². The van der Waals surface area contributed by atoms with Crippen LogP contribution >= 0.6 is 0 Å². The largest absolute Gasteiger partial charge is 0.456 e. The molecule has 4 aromatic heterocycles. The maximum Gasteiger partial charge on any atom is 0.178 e. The van der Waals surface area contributed by atoms with Crippen LogP contribution in [0, 0.1) is 0 Å². The van der Waals surface area contributed by atoms with Gasteiger partial charge in [-0.25, -0.2) is 0 Å². The summed E-state index contributed by atoms with van der Waals surface area (Å²) in [5.41, 5.74) is 16.6. The maximum absolute atomic E-state index is 6.70. The minimum absolute atomic E-state index is 0.778. The standard InChI is InChI=1S/C60H34O4/c1-2-12-37-33(10-1)11-9-17-38(37)34-20-23-42-49(30-34)56(36-22-28-53-48(32-36)45-25-24-43-39-13-5-7-18-50(39)63-59(43)60(45)64-53)41-15-4-3-14-40(41)55(42)35-21-27-52-47(31-35)44-26-29-54-57(58(44)62-52)46-16-6-8-19-51(46)61-54/h1,3-11,13-32H,2,12H2.